The van der Waals surface area contributed by atoms with Crippen LogP contribution in [0.4, 0.5) is 5.69 Å². The van der Waals surface area contributed by atoms with Crippen LogP contribution in [0, 0.1) is 5.41 Å². The number of phenolic OH excluding ortho intramolecular Hbond substituents is 1. The highest BCUT2D eigenvalue weighted by atomic mass is 31.2. The number of rotatable bonds is 3. The van der Waals surface area contributed by atoms with E-state index in [-0.39, 0.29) is 45.2 Å². The average Bonchev–Trinajstić information content (AvgIpc) is 2.81. The third-order valence-electron chi connectivity index (χ3n) is 5.03. The van der Waals surface area contributed by atoms with Crippen molar-refractivity contribution in [3.63, 3.8) is 0 Å². The average molecular weight is 435 g/mol. The molecule has 1 aromatic heterocycles. The Hall–Kier alpha value is -2.44. The molecule has 2 heterocycles. The first-order valence-corrected chi connectivity index (χ1v) is 11.4. The van der Waals surface area contributed by atoms with Crippen LogP contribution in [0.1, 0.15) is 59.2 Å². The minimum Gasteiger partial charge on any atom is -0.508 e. The lowest BCUT2D eigenvalue weighted by molar-refractivity contribution is 0.319. The van der Waals surface area contributed by atoms with Crippen molar-refractivity contribution in [2.24, 2.45) is 10.2 Å². The third kappa shape index (κ3) is 4.07. The monoisotopic (exact) mass is 435 g/mol. The second kappa shape index (κ2) is 7.06. The molecule has 0 amide bonds. The zero-order valence-corrected chi connectivity index (χ0v) is 19.1. The molecule has 1 aromatic carbocycles. The fourth-order valence-electron chi connectivity index (χ4n) is 3.57. The molecule has 164 valence electrons. The van der Waals surface area contributed by atoms with Gasteiger partial charge in [0.25, 0.3) is 0 Å². The molecule has 1 atom stereocenters. The third-order valence-corrected chi connectivity index (χ3v) is 6.51. The number of hydrogen-bond donors (Lipinski definition) is 5. The summed E-state index contributed by atoms with van der Waals surface area (Å²) in [4.78, 5) is 10.5. The molecular weight excluding hydrogens is 405 g/mol. The number of benzene rings is 1. The van der Waals surface area contributed by atoms with Gasteiger partial charge in [0.1, 0.15) is 11.3 Å². The van der Waals surface area contributed by atoms with Gasteiger partial charge in [-0.2, -0.15) is 4.76 Å². The standard InChI is InChI=1S/C21H30N3O5P/c1-20(2,3)9-10-24-17(21(4,5)6)16(26)15(19(24)27)18-22-13-11-12(25)7-8-14(13)30(28,29)23-18/h7-8,11,25-27H,9-10H2,1-6H3,(H2,22,23,28,29). The molecular formula is C21H30N3O5P. The van der Waals surface area contributed by atoms with E-state index in [1.165, 1.54) is 18.2 Å². The lowest BCUT2D eigenvalue weighted by atomic mass is 9.89. The molecule has 0 saturated heterocycles. The fraction of sp³-hybridized carbons (Fsp3) is 0.476. The molecule has 30 heavy (non-hydrogen) atoms. The van der Waals surface area contributed by atoms with Gasteiger partial charge in [-0.15, -0.1) is 0 Å². The summed E-state index contributed by atoms with van der Waals surface area (Å²) in [5.41, 5.74) is 0.172. The largest absolute Gasteiger partial charge is 0.508 e. The van der Waals surface area contributed by atoms with Crippen LogP contribution in [-0.4, -0.2) is 30.6 Å². The van der Waals surface area contributed by atoms with Crippen molar-refractivity contribution in [3.8, 4) is 17.4 Å². The Morgan fingerprint density at radius 3 is 2.30 bits per heavy atom. The Labute approximate surface area is 176 Å². The second-order valence-electron chi connectivity index (χ2n) is 9.93. The second-order valence-corrected chi connectivity index (χ2v) is 11.7. The maximum Gasteiger partial charge on any atom is 0.346 e. The molecule has 1 aliphatic rings. The number of phenols is 1. The molecule has 0 fully saturated rings. The van der Waals surface area contributed by atoms with E-state index in [1.807, 2.05) is 20.8 Å². The molecule has 0 radical (unpaired) electrons. The maximum absolute atomic E-state index is 12.8. The molecule has 0 aliphatic carbocycles. The van der Waals surface area contributed by atoms with Crippen LogP contribution in [0.2, 0.25) is 0 Å². The van der Waals surface area contributed by atoms with Gasteiger partial charge in [0.2, 0.25) is 5.88 Å². The van der Waals surface area contributed by atoms with Gasteiger partial charge in [-0.25, -0.2) is 0 Å². The molecule has 2 aromatic rings. The maximum atomic E-state index is 12.8. The van der Waals surface area contributed by atoms with Crippen LogP contribution >= 0.6 is 7.52 Å². The van der Waals surface area contributed by atoms with Crippen LogP contribution in [0.15, 0.2) is 23.0 Å². The number of anilines is 1. The molecule has 0 spiro atoms. The first kappa shape index (κ1) is 22.2. The highest BCUT2D eigenvalue weighted by Crippen LogP contribution is 2.50. The molecule has 0 bridgehead atoms. The smallest absolute Gasteiger partial charge is 0.346 e. The molecule has 1 unspecified atom stereocenters. The van der Waals surface area contributed by atoms with E-state index in [9.17, 15) is 24.8 Å². The van der Waals surface area contributed by atoms with Crippen molar-refractivity contribution in [3.05, 3.63) is 29.5 Å². The van der Waals surface area contributed by atoms with E-state index in [0.29, 0.717) is 12.2 Å². The summed E-state index contributed by atoms with van der Waals surface area (Å²) >= 11 is 0. The van der Waals surface area contributed by atoms with Crippen LogP contribution in [0.25, 0.3) is 0 Å². The van der Waals surface area contributed by atoms with E-state index in [2.05, 4.69) is 30.9 Å². The minimum absolute atomic E-state index is 0.000474. The predicted molar refractivity (Wildman–Crippen MR) is 118 cm³/mol. The van der Waals surface area contributed by atoms with Gasteiger partial charge in [-0.1, -0.05) is 41.5 Å². The van der Waals surface area contributed by atoms with Crippen LogP contribution in [0.5, 0.6) is 17.4 Å². The molecule has 3 rings (SSSR count). The van der Waals surface area contributed by atoms with Gasteiger partial charge in [-0.05, 0) is 24.0 Å². The van der Waals surface area contributed by atoms with Crippen LogP contribution in [-0.2, 0) is 16.5 Å². The summed E-state index contributed by atoms with van der Waals surface area (Å²) in [5, 5.41) is 34.8. The van der Waals surface area contributed by atoms with Gasteiger partial charge in [0, 0.05) is 18.0 Å². The van der Waals surface area contributed by atoms with Gasteiger partial charge in [-0.3, -0.25) is 4.57 Å². The topological polar surface area (TPSA) is 127 Å². The van der Waals surface area contributed by atoms with Gasteiger partial charge >= 0.3 is 7.52 Å². The van der Waals surface area contributed by atoms with Crippen LogP contribution < -0.4 is 10.6 Å². The first-order chi connectivity index (χ1) is 13.6. The van der Waals surface area contributed by atoms with E-state index < -0.39 is 12.9 Å². The van der Waals surface area contributed by atoms with E-state index in [1.54, 1.807) is 4.57 Å². The molecule has 0 saturated carbocycles. The van der Waals surface area contributed by atoms with Crippen molar-refractivity contribution in [2.45, 2.75) is 59.9 Å². The molecule has 9 heteroatoms. The van der Waals surface area contributed by atoms with Crippen molar-refractivity contribution in [1.82, 2.24) is 4.57 Å². The Balaban J connectivity index is 2.18. The summed E-state index contributed by atoms with van der Waals surface area (Å²) < 4.78 is 18.4. The van der Waals surface area contributed by atoms with Crippen molar-refractivity contribution in [1.29, 1.82) is 0 Å². The first-order valence-electron chi connectivity index (χ1n) is 9.81. The SMILES string of the molecule is CC(C)(C)CCn1c(O)c(C2=NP(=O)(O)c3ccc(O)cc3N2)c(O)c1C(C)(C)C. The Bertz CT molecular complexity index is 1070. The van der Waals surface area contributed by atoms with Crippen molar-refractivity contribution < 1.29 is 24.8 Å². The minimum atomic E-state index is -4.16. The normalized spacial score (nSPS) is 19.2. The van der Waals surface area contributed by atoms with Gasteiger partial charge in [0.05, 0.1) is 16.7 Å². The Morgan fingerprint density at radius 2 is 1.73 bits per heavy atom. The number of aromatic nitrogens is 1. The highest BCUT2D eigenvalue weighted by molar-refractivity contribution is 7.65. The number of hydrogen-bond acceptors (Lipinski definition) is 5. The number of amidine groups is 1. The fourth-order valence-corrected chi connectivity index (χ4v) is 4.80. The lowest BCUT2D eigenvalue weighted by Gasteiger charge is -2.25. The quantitative estimate of drug-likeness (QED) is 0.464. The molecule has 1 aliphatic heterocycles. The van der Waals surface area contributed by atoms with Gasteiger partial charge in [0.15, 0.2) is 11.6 Å². The number of nitrogens with zero attached hydrogens (tertiary/aromatic N) is 2. The predicted octanol–water partition coefficient (Wildman–Crippen LogP) is 4.02. The number of nitrogens with one attached hydrogen (secondary N) is 1. The number of fused-ring (bicyclic) bond motifs is 1. The highest BCUT2D eigenvalue weighted by Gasteiger charge is 2.37. The summed E-state index contributed by atoms with van der Waals surface area (Å²) in [6.45, 7) is 12.5. The van der Waals surface area contributed by atoms with Crippen LogP contribution in [0.3, 0.4) is 0 Å². The number of aromatic hydroxyl groups is 3. The molecule has 8 nitrogen and oxygen atoms in total. The summed E-state index contributed by atoms with van der Waals surface area (Å²) in [6, 6.07) is 3.94. The van der Waals surface area contributed by atoms with E-state index in [0.717, 1.165) is 6.42 Å². The van der Waals surface area contributed by atoms with E-state index in [4.69, 9.17) is 0 Å². The zero-order chi connectivity index (χ0) is 22.6. The van der Waals surface area contributed by atoms with E-state index >= 15 is 0 Å². The zero-order valence-electron chi connectivity index (χ0n) is 18.2. The van der Waals surface area contributed by atoms with Crippen molar-refractivity contribution in [2.75, 3.05) is 5.32 Å². The molecule has 5 N–H and O–H groups in total. The van der Waals surface area contributed by atoms with Gasteiger partial charge < -0.3 is 30.1 Å². The summed E-state index contributed by atoms with van der Waals surface area (Å²) in [7, 11) is -4.16. The summed E-state index contributed by atoms with van der Waals surface area (Å²) in [5.74, 6) is -0.622. The van der Waals surface area contributed by atoms with Crippen molar-refractivity contribution >= 4 is 24.3 Å². The Morgan fingerprint density at radius 1 is 1.10 bits per heavy atom. The Kier molecular flexibility index (Phi) is 5.24. The lowest BCUT2D eigenvalue weighted by Crippen LogP contribution is -2.24. The summed E-state index contributed by atoms with van der Waals surface area (Å²) in [6.07, 6.45) is 0.742.